The number of amides is 1. The first kappa shape index (κ1) is 14.3. The van der Waals surface area contributed by atoms with Gasteiger partial charge in [-0.3, -0.25) is 14.9 Å². The number of β-amino-alcohol motifs (C(OH)–C–C–N with tert-alkyl or cyclic N) is 1. The highest BCUT2D eigenvalue weighted by Crippen LogP contribution is 2.27. The summed E-state index contributed by atoms with van der Waals surface area (Å²) >= 11 is 0. The average molecular weight is 280 g/mol. The number of phenols is 1. The van der Waals surface area contributed by atoms with E-state index in [4.69, 9.17) is 0 Å². The van der Waals surface area contributed by atoms with E-state index < -0.39 is 22.5 Å². The Bertz CT molecular complexity index is 546. The molecular weight excluding hydrogens is 264 g/mol. The maximum atomic E-state index is 12.2. The second-order valence-electron chi connectivity index (χ2n) is 5.05. The third-order valence-corrected chi connectivity index (χ3v) is 3.62. The molecule has 0 bridgehead atoms. The van der Waals surface area contributed by atoms with E-state index in [0.717, 1.165) is 12.1 Å². The van der Waals surface area contributed by atoms with Gasteiger partial charge in [0, 0.05) is 24.7 Å². The molecule has 108 valence electrons. The average Bonchev–Trinajstić information content (AvgIpc) is 2.40. The highest BCUT2D eigenvalue weighted by atomic mass is 16.6. The van der Waals surface area contributed by atoms with Crippen LogP contribution in [0.25, 0.3) is 0 Å². The SMILES string of the molecule is CC1CCN(C(=O)c2ccc([N+](=O)[O-])c(O)c2)CC1O. The Morgan fingerprint density at radius 3 is 2.75 bits per heavy atom. The molecule has 2 rings (SSSR count). The number of phenolic OH excluding ortho intramolecular Hbond substituents is 1. The number of aromatic hydroxyl groups is 1. The van der Waals surface area contributed by atoms with Crippen molar-refractivity contribution in [2.75, 3.05) is 13.1 Å². The molecule has 0 aliphatic carbocycles. The van der Waals surface area contributed by atoms with Crippen molar-refractivity contribution in [3.05, 3.63) is 33.9 Å². The molecule has 1 aromatic rings. The first-order valence-corrected chi connectivity index (χ1v) is 6.35. The summed E-state index contributed by atoms with van der Waals surface area (Å²) < 4.78 is 0. The molecule has 1 heterocycles. The van der Waals surface area contributed by atoms with Gasteiger partial charge in [0.05, 0.1) is 11.0 Å². The fourth-order valence-electron chi connectivity index (χ4n) is 2.23. The molecule has 0 aromatic heterocycles. The van der Waals surface area contributed by atoms with Gasteiger partial charge < -0.3 is 15.1 Å². The zero-order chi connectivity index (χ0) is 14.9. The normalized spacial score (nSPS) is 22.6. The van der Waals surface area contributed by atoms with E-state index in [1.54, 1.807) is 0 Å². The van der Waals surface area contributed by atoms with E-state index in [0.29, 0.717) is 13.0 Å². The van der Waals surface area contributed by atoms with Crippen molar-refractivity contribution in [3.8, 4) is 5.75 Å². The summed E-state index contributed by atoms with van der Waals surface area (Å²) in [5.41, 5.74) is -0.260. The van der Waals surface area contributed by atoms with Crippen molar-refractivity contribution in [2.24, 2.45) is 5.92 Å². The van der Waals surface area contributed by atoms with Crippen LogP contribution in [0.2, 0.25) is 0 Å². The number of carbonyl (C=O) groups excluding carboxylic acids is 1. The molecule has 2 unspecified atom stereocenters. The van der Waals surface area contributed by atoms with Crippen LogP contribution in [0, 0.1) is 16.0 Å². The second kappa shape index (κ2) is 5.46. The molecule has 0 saturated carbocycles. The van der Waals surface area contributed by atoms with E-state index in [1.807, 2.05) is 6.92 Å². The predicted molar refractivity (Wildman–Crippen MR) is 70.5 cm³/mol. The van der Waals surface area contributed by atoms with Gasteiger partial charge in [0.1, 0.15) is 0 Å². The number of likely N-dealkylation sites (tertiary alicyclic amines) is 1. The van der Waals surface area contributed by atoms with Gasteiger partial charge in [0.2, 0.25) is 0 Å². The van der Waals surface area contributed by atoms with Crippen molar-refractivity contribution in [2.45, 2.75) is 19.4 Å². The largest absolute Gasteiger partial charge is 0.502 e. The minimum absolute atomic E-state index is 0.143. The lowest BCUT2D eigenvalue weighted by Gasteiger charge is -2.34. The molecule has 0 radical (unpaired) electrons. The second-order valence-corrected chi connectivity index (χ2v) is 5.05. The Kier molecular flexibility index (Phi) is 3.89. The number of piperidine rings is 1. The van der Waals surface area contributed by atoms with E-state index in [9.17, 15) is 25.1 Å². The summed E-state index contributed by atoms with van der Waals surface area (Å²) in [6, 6.07) is 3.50. The standard InChI is InChI=1S/C13H16N2O5/c1-8-4-5-14(7-12(8)17)13(18)9-2-3-10(15(19)20)11(16)6-9/h2-3,6,8,12,16-17H,4-5,7H2,1H3. The Balaban J connectivity index is 2.17. The van der Waals surface area contributed by atoms with Crippen molar-refractivity contribution in [1.82, 2.24) is 4.90 Å². The molecule has 1 aliphatic rings. The minimum Gasteiger partial charge on any atom is -0.502 e. The lowest BCUT2D eigenvalue weighted by Crippen LogP contribution is -2.45. The van der Waals surface area contributed by atoms with Crippen molar-refractivity contribution >= 4 is 11.6 Å². The van der Waals surface area contributed by atoms with Gasteiger partial charge >= 0.3 is 5.69 Å². The summed E-state index contributed by atoms with van der Waals surface area (Å²) in [5, 5.41) is 29.9. The van der Waals surface area contributed by atoms with Crippen molar-refractivity contribution < 1.29 is 19.9 Å². The molecule has 1 amide bonds. The number of rotatable bonds is 2. The van der Waals surface area contributed by atoms with Crippen molar-refractivity contribution in [1.29, 1.82) is 0 Å². The number of aliphatic hydroxyl groups is 1. The third kappa shape index (κ3) is 2.72. The zero-order valence-corrected chi connectivity index (χ0v) is 11.0. The summed E-state index contributed by atoms with van der Waals surface area (Å²) in [7, 11) is 0. The lowest BCUT2D eigenvalue weighted by molar-refractivity contribution is -0.385. The van der Waals surface area contributed by atoms with Gasteiger partial charge in [-0.15, -0.1) is 0 Å². The van der Waals surface area contributed by atoms with Crippen LogP contribution in [0.1, 0.15) is 23.7 Å². The van der Waals surface area contributed by atoms with Gasteiger partial charge in [0.25, 0.3) is 5.91 Å². The van der Waals surface area contributed by atoms with Crippen LogP contribution in [0.4, 0.5) is 5.69 Å². The third-order valence-electron chi connectivity index (χ3n) is 3.62. The smallest absolute Gasteiger partial charge is 0.310 e. The first-order valence-electron chi connectivity index (χ1n) is 6.35. The van der Waals surface area contributed by atoms with Gasteiger partial charge in [-0.1, -0.05) is 6.92 Å². The van der Waals surface area contributed by atoms with Crippen LogP contribution in [0.3, 0.4) is 0 Å². The number of benzene rings is 1. The van der Waals surface area contributed by atoms with Crippen LogP contribution in [0.5, 0.6) is 5.75 Å². The maximum absolute atomic E-state index is 12.2. The number of nitrogens with zero attached hydrogens (tertiary/aromatic N) is 2. The predicted octanol–water partition coefficient (Wildman–Crippen LogP) is 1.14. The van der Waals surface area contributed by atoms with E-state index >= 15 is 0 Å². The lowest BCUT2D eigenvalue weighted by atomic mass is 9.95. The quantitative estimate of drug-likeness (QED) is 0.624. The molecule has 1 aliphatic heterocycles. The molecule has 2 N–H and O–H groups in total. The van der Waals surface area contributed by atoms with Crippen LogP contribution in [-0.2, 0) is 0 Å². The molecule has 0 spiro atoms. The Labute approximate surface area is 115 Å². The summed E-state index contributed by atoms with van der Waals surface area (Å²) in [6.07, 6.45) is 0.130. The number of hydrogen-bond acceptors (Lipinski definition) is 5. The number of nitro groups is 1. The zero-order valence-electron chi connectivity index (χ0n) is 11.0. The molecular formula is C13H16N2O5. The maximum Gasteiger partial charge on any atom is 0.310 e. The molecule has 2 atom stereocenters. The highest BCUT2D eigenvalue weighted by molar-refractivity contribution is 5.95. The van der Waals surface area contributed by atoms with Crippen LogP contribution >= 0.6 is 0 Å². The van der Waals surface area contributed by atoms with Crippen LogP contribution < -0.4 is 0 Å². The van der Waals surface area contributed by atoms with E-state index in [1.165, 1.54) is 11.0 Å². The van der Waals surface area contributed by atoms with E-state index in [2.05, 4.69) is 0 Å². The topological polar surface area (TPSA) is 104 Å². The van der Waals surface area contributed by atoms with Crippen LogP contribution in [-0.4, -0.2) is 45.1 Å². The summed E-state index contributed by atoms with van der Waals surface area (Å²) in [5.74, 6) is -0.739. The Morgan fingerprint density at radius 2 is 2.20 bits per heavy atom. The first-order chi connectivity index (χ1) is 9.40. The molecule has 1 fully saturated rings. The fraction of sp³-hybridized carbons (Fsp3) is 0.462. The van der Waals surface area contributed by atoms with Gasteiger partial charge in [-0.25, -0.2) is 0 Å². The Hall–Kier alpha value is -2.15. The van der Waals surface area contributed by atoms with Crippen LogP contribution in [0.15, 0.2) is 18.2 Å². The summed E-state index contributed by atoms with van der Waals surface area (Å²) in [6.45, 7) is 2.68. The Morgan fingerprint density at radius 1 is 1.50 bits per heavy atom. The number of nitro benzene ring substituents is 1. The molecule has 1 aromatic carbocycles. The minimum atomic E-state index is -0.712. The highest BCUT2D eigenvalue weighted by Gasteiger charge is 2.28. The molecule has 20 heavy (non-hydrogen) atoms. The monoisotopic (exact) mass is 280 g/mol. The van der Waals surface area contributed by atoms with Crippen molar-refractivity contribution in [3.63, 3.8) is 0 Å². The number of carbonyl (C=O) groups is 1. The molecule has 1 saturated heterocycles. The molecule has 7 nitrogen and oxygen atoms in total. The molecule has 7 heteroatoms. The number of aliphatic hydroxyl groups excluding tert-OH is 1. The van der Waals surface area contributed by atoms with Gasteiger partial charge in [-0.05, 0) is 24.5 Å². The summed E-state index contributed by atoms with van der Waals surface area (Å²) in [4.78, 5) is 23.6. The fourth-order valence-corrected chi connectivity index (χ4v) is 2.23. The van der Waals surface area contributed by atoms with Gasteiger partial charge in [0.15, 0.2) is 5.75 Å². The number of hydrogen-bond donors (Lipinski definition) is 2. The van der Waals surface area contributed by atoms with Gasteiger partial charge in [-0.2, -0.15) is 0 Å². The van der Waals surface area contributed by atoms with E-state index in [-0.39, 0.29) is 23.9 Å².